The lowest BCUT2D eigenvalue weighted by atomic mass is 10.1. The van der Waals surface area contributed by atoms with Crippen molar-refractivity contribution in [2.45, 2.75) is 45.1 Å². The molecule has 0 aliphatic carbocycles. The summed E-state index contributed by atoms with van der Waals surface area (Å²) in [7, 11) is 0. The van der Waals surface area contributed by atoms with E-state index in [1.165, 1.54) is 24.2 Å². The fraction of sp³-hybridized carbons (Fsp3) is 0.389. The minimum absolute atomic E-state index is 1.06. The third-order valence-electron chi connectivity index (χ3n) is 3.57. The lowest BCUT2D eigenvalue weighted by Gasteiger charge is -2.07. The zero-order valence-electron chi connectivity index (χ0n) is 12.2. The number of hydrogen-bond donors (Lipinski definition) is 0. The molecule has 0 bridgehead atoms. The molecule has 2 heteroatoms. The molecule has 106 valence electrons. The Morgan fingerprint density at radius 2 is 1.90 bits per heavy atom. The standard InChI is InChI=1S/C18H24N2/c1-2-3-4-8-15-20-16-14-19-18(20)13-9-12-17-10-6-5-7-11-17/h2,5-7,10-11,14,16H,1,3-4,8-9,12-13,15H2. The van der Waals surface area contributed by atoms with Gasteiger partial charge in [-0.05, 0) is 37.7 Å². The van der Waals surface area contributed by atoms with Gasteiger partial charge in [0.1, 0.15) is 5.82 Å². The van der Waals surface area contributed by atoms with Crippen molar-refractivity contribution in [2.75, 3.05) is 0 Å². The van der Waals surface area contributed by atoms with Crippen LogP contribution in [0, 0.1) is 0 Å². The average Bonchev–Trinajstić information content (AvgIpc) is 2.92. The SMILES string of the molecule is C=CCCCCn1ccnc1CCCc1ccccc1. The highest BCUT2D eigenvalue weighted by atomic mass is 15.1. The predicted octanol–water partition coefficient (Wildman–Crippen LogP) is 4.41. The van der Waals surface area contributed by atoms with Gasteiger partial charge in [0.25, 0.3) is 0 Å². The van der Waals surface area contributed by atoms with Crippen LogP contribution in [0.15, 0.2) is 55.4 Å². The highest BCUT2D eigenvalue weighted by Crippen LogP contribution is 2.09. The molecule has 0 atom stereocenters. The molecule has 0 spiro atoms. The van der Waals surface area contributed by atoms with E-state index in [4.69, 9.17) is 0 Å². The van der Waals surface area contributed by atoms with Crippen LogP contribution in [0.4, 0.5) is 0 Å². The fourth-order valence-corrected chi connectivity index (χ4v) is 2.44. The largest absolute Gasteiger partial charge is 0.335 e. The third kappa shape index (κ3) is 4.69. The van der Waals surface area contributed by atoms with Crippen molar-refractivity contribution in [3.05, 3.63) is 66.8 Å². The number of imidazole rings is 1. The van der Waals surface area contributed by atoms with Crippen molar-refractivity contribution in [1.29, 1.82) is 0 Å². The Hall–Kier alpha value is -1.83. The second-order valence-electron chi connectivity index (χ2n) is 5.16. The minimum atomic E-state index is 1.06. The summed E-state index contributed by atoms with van der Waals surface area (Å²) < 4.78 is 2.30. The van der Waals surface area contributed by atoms with Gasteiger partial charge in [-0.25, -0.2) is 4.98 Å². The number of unbranched alkanes of at least 4 members (excludes halogenated alkanes) is 2. The Bertz CT molecular complexity index is 499. The van der Waals surface area contributed by atoms with Crippen molar-refractivity contribution >= 4 is 0 Å². The number of allylic oxidation sites excluding steroid dienone is 1. The van der Waals surface area contributed by atoms with Gasteiger partial charge < -0.3 is 4.57 Å². The first-order chi connectivity index (χ1) is 9.90. The van der Waals surface area contributed by atoms with Crippen molar-refractivity contribution in [1.82, 2.24) is 9.55 Å². The lowest BCUT2D eigenvalue weighted by molar-refractivity contribution is 0.581. The summed E-state index contributed by atoms with van der Waals surface area (Å²) in [5.74, 6) is 1.22. The molecule has 20 heavy (non-hydrogen) atoms. The lowest BCUT2D eigenvalue weighted by Crippen LogP contribution is -2.04. The van der Waals surface area contributed by atoms with E-state index in [2.05, 4.69) is 52.7 Å². The summed E-state index contributed by atoms with van der Waals surface area (Å²) in [5, 5.41) is 0. The predicted molar refractivity (Wildman–Crippen MR) is 84.7 cm³/mol. The van der Waals surface area contributed by atoms with Crippen molar-refractivity contribution in [2.24, 2.45) is 0 Å². The Morgan fingerprint density at radius 1 is 1.05 bits per heavy atom. The number of rotatable bonds is 9. The number of hydrogen-bond acceptors (Lipinski definition) is 1. The summed E-state index contributed by atoms with van der Waals surface area (Å²) in [6.07, 6.45) is 12.9. The van der Waals surface area contributed by atoms with Crippen molar-refractivity contribution in [3.8, 4) is 0 Å². The molecule has 0 aliphatic heterocycles. The molecule has 0 amide bonds. The molecule has 2 aromatic rings. The first kappa shape index (κ1) is 14.6. The summed E-state index contributed by atoms with van der Waals surface area (Å²) in [6, 6.07) is 10.7. The van der Waals surface area contributed by atoms with Crippen LogP contribution >= 0.6 is 0 Å². The van der Waals surface area contributed by atoms with Gasteiger partial charge in [-0.3, -0.25) is 0 Å². The van der Waals surface area contributed by atoms with E-state index in [1.807, 2.05) is 12.3 Å². The van der Waals surface area contributed by atoms with E-state index in [0.29, 0.717) is 0 Å². The summed E-state index contributed by atoms with van der Waals surface area (Å²) in [4.78, 5) is 4.49. The second kappa shape index (κ2) is 8.36. The van der Waals surface area contributed by atoms with Crippen LogP contribution < -0.4 is 0 Å². The molecule has 0 saturated heterocycles. The zero-order chi connectivity index (χ0) is 14.0. The Morgan fingerprint density at radius 3 is 2.70 bits per heavy atom. The molecule has 0 N–H and O–H groups in total. The molecular formula is C18H24N2. The van der Waals surface area contributed by atoms with Crippen LogP contribution in [-0.4, -0.2) is 9.55 Å². The Kier molecular flexibility index (Phi) is 6.09. The van der Waals surface area contributed by atoms with Gasteiger partial charge in [-0.1, -0.05) is 36.4 Å². The van der Waals surface area contributed by atoms with E-state index in [1.54, 1.807) is 0 Å². The quantitative estimate of drug-likeness (QED) is 0.486. The third-order valence-corrected chi connectivity index (χ3v) is 3.57. The van der Waals surface area contributed by atoms with Crippen LogP contribution in [0.5, 0.6) is 0 Å². The highest BCUT2D eigenvalue weighted by molar-refractivity contribution is 5.14. The molecule has 0 saturated carbocycles. The maximum absolute atomic E-state index is 4.49. The summed E-state index contributed by atoms with van der Waals surface area (Å²) >= 11 is 0. The van der Waals surface area contributed by atoms with Crippen LogP contribution in [0.3, 0.4) is 0 Å². The van der Waals surface area contributed by atoms with Gasteiger partial charge in [-0.15, -0.1) is 6.58 Å². The molecule has 1 heterocycles. The number of aryl methyl sites for hydroxylation is 3. The molecule has 2 rings (SSSR count). The zero-order valence-corrected chi connectivity index (χ0v) is 12.2. The van der Waals surface area contributed by atoms with Crippen molar-refractivity contribution in [3.63, 3.8) is 0 Å². The monoisotopic (exact) mass is 268 g/mol. The molecule has 0 radical (unpaired) electrons. The number of nitrogens with zero attached hydrogens (tertiary/aromatic N) is 2. The fourth-order valence-electron chi connectivity index (χ4n) is 2.44. The average molecular weight is 268 g/mol. The van der Waals surface area contributed by atoms with Crippen LogP contribution in [0.1, 0.15) is 37.1 Å². The van der Waals surface area contributed by atoms with E-state index in [-0.39, 0.29) is 0 Å². The highest BCUT2D eigenvalue weighted by Gasteiger charge is 2.02. The molecule has 1 aromatic heterocycles. The molecule has 2 nitrogen and oxygen atoms in total. The molecule has 0 unspecified atom stereocenters. The van der Waals surface area contributed by atoms with Gasteiger partial charge in [0, 0.05) is 25.4 Å². The smallest absolute Gasteiger partial charge is 0.108 e. The van der Waals surface area contributed by atoms with Gasteiger partial charge in [0.05, 0.1) is 0 Å². The Labute approximate surface area is 122 Å². The molecular weight excluding hydrogens is 244 g/mol. The van der Waals surface area contributed by atoms with Crippen molar-refractivity contribution < 1.29 is 0 Å². The second-order valence-corrected chi connectivity index (χ2v) is 5.16. The molecule has 1 aromatic carbocycles. The first-order valence-electron chi connectivity index (χ1n) is 7.55. The van der Waals surface area contributed by atoms with Crippen LogP contribution in [0.25, 0.3) is 0 Å². The van der Waals surface area contributed by atoms with E-state index in [9.17, 15) is 0 Å². The normalized spacial score (nSPS) is 10.6. The minimum Gasteiger partial charge on any atom is -0.335 e. The first-order valence-corrected chi connectivity index (χ1v) is 7.55. The molecule has 0 fully saturated rings. The van der Waals surface area contributed by atoms with Crippen LogP contribution in [0.2, 0.25) is 0 Å². The van der Waals surface area contributed by atoms with Crippen LogP contribution in [-0.2, 0) is 19.4 Å². The maximum atomic E-state index is 4.49. The summed E-state index contributed by atoms with van der Waals surface area (Å²) in [5.41, 5.74) is 1.41. The Balaban J connectivity index is 1.75. The van der Waals surface area contributed by atoms with Gasteiger partial charge in [-0.2, -0.15) is 0 Å². The van der Waals surface area contributed by atoms with Gasteiger partial charge >= 0.3 is 0 Å². The van der Waals surface area contributed by atoms with E-state index in [0.717, 1.165) is 32.2 Å². The van der Waals surface area contributed by atoms with E-state index < -0.39 is 0 Å². The van der Waals surface area contributed by atoms with Gasteiger partial charge in [0.15, 0.2) is 0 Å². The van der Waals surface area contributed by atoms with E-state index >= 15 is 0 Å². The molecule has 0 aliphatic rings. The number of aromatic nitrogens is 2. The van der Waals surface area contributed by atoms with Gasteiger partial charge in [0.2, 0.25) is 0 Å². The maximum Gasteiger partial charge on any atom is 0.108 e. The topological polar surface area (TPSA) is 17.8 Å². The summed E-state index contributed by atoms with van der Waals surface area (Å²) in [6.45, 7) is 4.84. The number of benzene rings is 1.